The monoisotopic (exact) mass is 360 g/mol. The maximum absolute atomic E-state index is 11.9. The fourth-order valence-corrected chi connectivity index (χ4v) is 1.97. The molecule has 9 nitrogen and oxygen atoms in total. The van der Waals surface area contributed by atoms with Gasteiger partial charge in [-0.25, -0.2) is 4.79 Å². The highest BCUT2D eigenvalue weighted by molar-refractivity contribution is 5.95. The summed E-state index contributed by atoms with van der Waals surface area (Å²) in [5, 5.41) is 13.1. The van der Waals surface area contributed by atoms with Crippen molar-refractivity contribution in [2.75, 3.05) is 19.0 Å². The molecular weight excluding hydrogens is 344 g/mol. The second-order valence-corrected chi connectivity index (χ2v) is 5.13. The number of anilines is 1. The lowest BCUT2D eigenvalue weighted by Crippen LogP contribution is -2.20. The molecule has 0 aliphatic carbocycles. The van der Waals surface area contributed by atoms with Crippen LogP contribution in [0.3, 0.4) is 0 Å². The summed E-state index contributed by atoms with van der Waals surface area (Å²) >= 11 is 0. The van der Waals surface area contributed by atoms with Crippen molar-refractivity contribution in [1.29, 1.82) is 0 Å². The van der Waals surface area contributed by atoms with Gasteiger partial charge in [-0.05, 0) is 36.8 Å². The lowest BCUT2D eigenvalue weighted by molar-refractivity contribution is -0.402. The van der Waals surface area contributed by atoms with Crippen LogP contribution >= 0.6 is 0 Å². The molecule has 0 bridgehead atoms. The summed E-state index contributed by atoms with van der Waals surface area (Å²) in [5.74, 6) is -1.18. The Morgan fingerprint density at radius 2 is 2.08 bits per heavy atom. The molecule has 0 aliphatic heterocycles. The van der Waals surface area contributed by atoms with E-state index in [1.54, 1.807) is 12.1 Å². The molecule has 0 spiro atoms. The third-order valence-corrected chi connectivity index (χ3v) is 3.15. The number of methoxy groups -OCH3 is 1. The Bertz CT molecular complexity index is 855. The number of rotatable bonds is 7. The van der Waals surface area contributed by atoms with E-state index >= 15 is 0 Å². The third kappa shape index (κ3) is 5.20. The number of ether oxygens (including phenoxy) is 2. The lowest BCUT2D eigenvalue weighted by Gasteiger charge is -2.10. The van der Waals surface area contributed by atoms with Crippen molar-refractivity contribution in [3.63, 3.8) is 0 Å². The number of amides is 1. The van der Waals surface area contributed by atoms with Gasteiger partial charge in [-0.2, -0.15) is 0 Å². The smallest absolute Gasteiger partial charge is 0.433 e. The first-order chi connectivity index (χ1) is 12.4. The number of nitrogens with zero attached hydrogens (tertiary/aromatic N) is 1. The SMILES string of the molecule is COc1ccc(C)cc1NC(=O)COC(=O)/C=C/c1ccc([N+](=O)[O-])o1. The minimum Gasteiger partial charge on any atom is -0.495 e. The van der Waals surface area contributed by atoms with Crippen LogP contribution in [0.4, 0.5) is 11.6 Å². The van der Waals surface area contributed by atoms with Gasteiger partial charge >= 0.3 is 11.9 Å². The molecule has 1 heterocycles. The fourth-order valence-electron chi connectivity index (χ4n) is 1.97. The topological polar surface area (TPSA) is 121 Å². The number of carbonyl (C=O) groups is 2. The number of benzene rings is 1. The molecule has 0 saturated carbocycles. The van der Waals surface area contributed by atoms with Crippen molar-refractivity contribution in [2.24, 2.45) is 0 Å². The molecule has 0 radical (unpaired) electrons. The minimum atomic E-state index is -0.796. The van der Waals surface area contributed by atoms with Crippen LogP contribution in [0.1, 0.15) is 11.3 Å². The molecule has 26 heavy (non-hydrogen) atoms. The summed E-state index contributed by atoms with van der Waals surface area (Å²) < 4.78 is 14.8. The van der Waals surface area contributed by atoms with Gasteiger partial charge in [-0.3, -0.25) is 14.9 Å². The van der Waals surface area contributed by atoms with E-state index in [0.717, 1.165) is 17.7 Å². The van der Waals surface area contributed by atoms with Crippen molar-refractivity contribution in [1.82, 2.24) is 0 Å². The Labute approximate surface area is 148 Å². The summed E-state index contributed by atoms with van der Waals surface area (Å²) in [6.07, 6.45) is 2.21. The molecule has 1 amide bonds. The van der Waals surface area contributed by atoms with E-state index in [-0.39, 0.29) is 5.76 Å². The van der Waals surface area contributed by atoms with Gasteiger partial charge in [0.1, 0.15) is 16.4 Å². The van der Waals surface area contributed by atoms with Crippen LogP contribution in [0.5, 0.6) is 5.75 Å². The summed E-state index contributed by atoms with van der Waals surface area (Å²) in [7, 11) is 1.48. The number of carbonyl (C=O) groups excluding carboxylic acids is 2. The van der Waals surface area contributed by atoms with Crippen LogP contribution in [0.2, 0.25) is 0 Å². The first-order valence-electron chi connectivity index (χ1n) is 7.42. The molecule has 1 N–H and O–H groups in total. The predicted molar refractivity (Wildman–Crippen MR) is 91.7 cm³/mol. The van der Waals surface area contributed by atoms with Gasteiger partial charge in [0.05, 0.1) is 18.9 Å². The molecule has 136 valence electrons. The number of nitrogens with one attached hydrogen (secondary N) is 1. The lowest BCUT2D eigenvalue weighted by atomic mass is 10.2. The standard InChI is InChI=1S/C17H16N2O7/c1-11-3-6-14(24-2)13(9-11)18-15(20)10-25-17(21)8-5-12-4-7-16(26-12)19(22)23/h3-9H,10H2,1-2H3,(H,18,20)/b8-5+. The van der Waals surface area contributed by atoms with E-state index in [9.17, 15) is 19.7 Å². The van der Waals surface area contributed by atoms with E-state index in [4.69, 9.17) is 13.9 Å². The van der Waals surface area contributed by atoms with Crippen molar-refractivity contribution in [3.8, 4) is 5.75 Å². The largest absolute Gasteiger partial charge is 0.495 e. The fraction of sp³-hybridized carbons (Fsp3) is 0.176. The van der Waals surface area contributed by atoms with Crippen LogP contribution in [-0.4, -0.2) is 30.5 Å². The van der Waals surface area contributed by atoms with E-state index in [1.807, 2.05) is 13.0 Å². The molecule has 0 saturated heterocycles. The van der Waals surface area contributed by atoms with Gasteiger partial charge < -0.3 is 19.2 Å². The average molecular weight is 360 g/mol. The molecule has 0 aliphatic rings. The van der Waals surface area contributed by atoms with Crippen LogP contribution in [0, 0.1) is 17.0 Å². The molecule has 1 aromatic heterocycles. The Balaban J connectivity index is 1.86. The highest BCUT2D eigenvalue weighted by Crippen LogP contribution is 2.25. The van der Waals surface area contributed by atoms with Crippen LogP contribution in [0.15, 0.2) is 40.8 Å². The van der Waals surface area contributed by atoms with Gasteiger partial charge in [-0.15, -0.1) is 0 Å². The molecule has 2 rings (SSSR count). The van der Waals surface area contributed by atoms with Crippen LogP contribution in [0.25, 0.3) is 6.08 Å². The zero-order valence-electron chi connectivity index (χ0n) is 14.1. The summed E-state index contributed by atoms with van der Waals surface area (Å²) in [6, 6.07) is 7.76. The summed E-state index contributed by atoms with van der Waals surface area (Å²) in [5.41, 5.74) is 1.39. The third-order valence-electron chi connectivity index (χ3n) is 3.15. The molecule has 0 atom stereocenters. The minimum absolute atomic E-state index is 0.114. The van der Waals surface area contributed by atoms with Gasteiger partial charge in [0.2, 0.25) is 0 Å². The van der Waals surface area contributed by atoms with Gasteiger partial charge in [0.25, 0.3) is 5.91 Å². The van der Waals surface area contributed by atoms with E-state index in [1.165, 1.54) is 19.3 Å². The number of hydrogen-bond donors (Lipinski definition) is 1. The zero-order valence-corrected chi connectivity index (χ0v) is 14.1. The zero-order chi connectivity index (χ0) is 19.1. The highest BCUT2D eigenvalue weighted by atomic mass is 16.6. The Morgan fingerprint density at radius 1 is 1.31 bits per heavy atom. The van der Waals surface area contributed by atoms with Gasteiger partial charge in [-0.1, -0.05) is 6.07 Å². The first kappa shape index (κ1) is 18.7. The number of nitro groups is 1. The maximum Gasteiger partial charge on any atom is 0.433 e. The normalized spacial score (nSPS) is 10.5. The molecule has 0 unspecified atom stereocenters. The van der Waals surface area contributed by atoms with Crippen LogP contribution in [-0.2, 0) is 14.3 Å². The number of aryl methyl sites for hydroxylation is 1. The predicted octanol–water partition coefficient (Wildman–Crippen LogP) is 2.70. The Kier molecular flexibility index (Phi) is 6.10. The van der Waals surface area contributed by atoms with Crippen molar-refractivity contribution in [2.45, 2.75) is 6.92 Å². The quantitative estimate of drug-likeness (QED) is 0.349. The molecule has 0 fully saturated rings. The molecule has 9 heteroatoms. The number of furan rings is 1. The average Bonchev–Trinajstić information content (AvgIpc) is 3.08. The van der Waals surface area contributed by atoms with Crippen LogP contribution < -0.4 is 10.1 Å². The highest BCUT2D eigenvalue weighted by Gasteiger charge is 2.11. The number of hydrogen-bond acceptors (Lipinski definition) is 7. The first-order valence-corrected chi connectivity index (χ1v) is 7.42. The van der Waals surface area contributed by atoms with E-state index < -0.39 is 29.3 Å². The van der Waals surface area contributed by atoms with Crippen molar-refractivity contribution < 1.29 is 28.4 Å². The molecule has 2 aromatic rings. The van der Waals surface area contributed by atoms with Crippen molar-refractivity contribution >= 4 is 29.5 Å². The van der Waals surface area contributed by atoms with Gasteiger partial charge in [0, 0.05) is 6.08 Å². The number of esters is 1. The Hall–Kier alpha value is -3.62. The molecule has 1 aromatic carbocycles. The Morgan fingerprint density at radius 3 is 2.73 bits per heavy atom. The maximum atomic E-state index is 11.9. The summed E-state index contributed by atoms with van der Waals surface area (Å²) in [4.78, 5) is 33.3. The summed E-state index contributed by atoms with van der Waals surface area (Å²) in [6.45, 7) is 1.36. The van der Waals surface area contributed by atoms with Crippen molar-refractivity contribution in [3.05, 3.63) is 57.8 Å². The van der Waals surface area contributed by atoms with E-state index in [0.29, 0.717) is 11.4 Å². The second kappa shape index (κ2) is 8.47. The molecular formula is C17H16N2O7. The van der Waals surface area contributed by atoms with Gasteiger partial charge in [0.15, 0.2) is 6.61 Å². The second-order valence-electron chi connectivity index (χ2n) is 5.13. The van der Waals surface area contributed by atoms with E-state index in [2.05, 4.69) is 5.32 Å².